The predicted octanol–water partition coefficient (Wildman–Crippen LogP) is 5.35. The van der Waals surface area contributed by atoms with Crippen LogP contribution in [0.4, 0.5) is 8.78 Å². The molecule has 0 aliphatic heterocycles. The van der Waals surface area contributed by atoms with Crippen molar-refractivity contribution in [2.75, 3.05) is 6.54 Å². The van der Waals surface area contributed by atoms with E-state index in [0.29, 0.717) is 17.4 Å². The summed E-state index contributed by atoms with van der Waals surface area (Å²) < 4.78 is 27.6. The zero-order chi connectivity index (χ0) is 17.4. The highest BCUT2D eigenvalue weighted by molar-refractivity contribution is 5.92. The van der Waals surface area contributed by atoms with Crippen molar-refractivity contribution in [1.29, 1.82) is 0 Å². The maximum atomic E-state index is 14.3. The number of nitrogens with one attached hydrogen (secondary N) is 1. The molecule has 1 aliphatic rings. The normalized spacial score (nSPS) is 20.0. The van der Waals surface area contributed by atoms with Gasteiger partial charge in [-0.3, -0.25) is 0 Å². The Balaban J connectivity index is 1.75. The molecule has 1 heterocycles. The molecule has 4 heteroatoms. The minimum atomic E-state index is -0.266. The van der Waals surface area contributed by atoms with E-state index in [-0.39, 0.29) is 11.6 Å². The highest BCUT2D eigenvalue weighted by Gasteiger charge is 2.33. The highest BCUT2D eigenvalue weighted by atomic mass is 19.1. The zero-order valence-electron chi connectivity index (χ0n) is 14.1. The topological polar surface area (TPSA) is 41.8 Å². The minimum absolute atomic E-state index is 0.244. The Morgan fingerprint density at radius 3 is 2.52 bits per heavy atom. The van der Waals surface area contributed by atoms with E-state index in [2.05, 4.69) is 4.98 Å². The van der Waals surface area contributed by atoms with E-state index >= 15 is 0 Å². The van der Waals surface area contributed by atoms with Crippen LogP contribution in [0.25, 0.3) is 22.2 Å². The molecule has 1 saturated carbocycles. The molecular weight excluding hydrogens is 318 g/mol. The van der Waals surface area contributed by atoms with Crippen LogP contribution in [0.2, 0.25) is 0 Å². The summed E-state index contributed by atoms with van der Waals surface area (Å²) >= 11 is 0. The molecule has 3 N–H and O–H groups in total. The van der Waals surface area contributed by atoms with E-state index in [1.807, 2.05) is 6.07 Å². The summed E-state index contributed by atoms with van der Waals surface area (Å²) in [5, 5.41) is 0.946. The van der Waals surface area contributed by atoms with Gasteiger partial charge in [-0.2, -0.15) is 0 Å². The van der Waals surface area contributed by atoms with Gasteiger partial charge in [-0.25, -0.2) is 8.78 Å². The fourth-order valence-corrected chi connectivity index (χ4v) is 4.08. The number of rotatable bonds is 5. The van der Waals surface area contributed by atoms with Crippen LogP contribution in [0, 0.1) is 17.6 Å². The monoisotopic (exact) mass is 340 g/mol. The van der Waals surface area contributed by atoms with E-state index in [1.165, 1.54) is 23.8 Å². The number of benzene rings is 2. The van der Waals surface area contributed by atoms with Gasteiger partial charge in [0.15, 0.2) is 0 Å². The van der Waals surface area contributed by atoms with Crippen molar-refractivity contribution in [3.8, 4) is 11.3 Å². The number of aromatic amines is 1. The molecule has 130 valence electrons. The van der Waals surface area contributed by atoms with E-state index in [1.54, 1.807) is 18.2 Å². The van der Waals surface area contributed by atoms with Gasteiger partial charge in [0.25, 0.3) is 0 Å². The third kappa shape index (κ3) is 2.95. The fourth-order valence-electron chi connectivity index (χ4n) is 4.08. The largest absolute Gasteiger partial charge is 0.352 e. The predicted molar refractivity (Wildman–Crippen MR) is 97.4 cm³/mol. The SMILES string of the molecule is NCCCC1CC(c2c(-c3ccc(F)cc3)[nH]c3c(F)cccc23)C1. The second kappa shape index (κ2) is 6.60. The first kappa shape index (κ1) is 16.3. The lowest BCUT2D eigenvalue weighted by atomic mass is 9.68. The van der Waals surface area contributed by atoms with Crippen LogP contribution >= 0.6 is 0 Å². The average Bonchev–Trinajstić information content (AvgIpc) is 2.95. The van der Waals surface area contributed by atoms with E-state index < -0.39 is 0 Å². The van der Waals surface area contributed by atoms with Crippen molar-refractivity contribution in [2.24, 2.45) is 11.7 Å². The molecular formula is C21H22F2N2. The van der Waals surface area contributed by atoms with Gasteiger partial charge < -0.3 is 10.7 Å². The molecule has 0 bridgehead atoms. The standard InChI is InChI=1S/C21H22F2N2/c22-16-8-6-14(7-9-16)20-19(15-11-13(12-15)3-2-10-24)17-4-1-5-18(23)21(17)25-20/h1,4-9,13,15,25H,2-3,10-12,24H2. The average molecular weight is 340 g/mol. The smallest absolute Gasteiger partial charge is 0.147 e. The number of aromatic nitrogens is 1. The number of para-hydroxylation sites is 1. The molecule has 2 aromatic carbocycles. The second-order valence-electron chi connectivity index (χ2n) is 7.05. The molecule has 25 heavy (non-hydrogen) atoms. The van der Waals surface area contributed by atoms with E-state index in [9.17, 15) is 8.78 Å². The summed E-state index contributed by atoms with van der Waals surface area (Å²) in [7, 11) is 0. The Morgan fingerprint density at radius 2 is 1.80 bits per heavy atom. The zero-order valence-corrected chi connectivity index (χ0v) is 14.1. The fraction of sp³-hybridized carbons (Fsp3) is 0.333. The van der Waals surface area contributed by atoms with Gasteiger partial charge >= 0.3 is 0 Å². The summed E-state index contributed by atoms with van der Waals surface area (Å²) in [6, 6.07) is 11.6. The molecule has 0 unspecified atom stereocenters. The first-order valence-electron chi connectivity index (χ1n) is 8.93. The van der Waals surface area contributed by atoms with Crippen molar-refractivity contribution < 1.29 is 8.78 Å². The number of hydrogen-bond donors (Lipinski definition) is 2. The Morgan fingerprint density at radius 1 is 1.04 bits per heavy atom. The van der Waals surface area contributed by atoms with Crippen LogP contribution in [0.3, 0.4) is 0 Å². The van der Waals surface area contributed by atoms with Crippen LogP contribution in [0.1, 0.15) is 37.2 Å². The van der Waals surface area contributed by atoms with Crippen molar-refractivity contribution in [3.05, 3.63) is 59.7 Å². The number of hydrogen-bond acceptors (Lipinski definition) is 1. The molecule has 2 nitrogen and oxygen atoms in total. The molecule has 3 aromatic rings. The maximum absolute atomic E-state index is 14.3. The van der Waals surface area contributed by atoms with Gasteiger partial charge in [0.1, 0.15) is 11.6 Å². The summed E-state index contributed by atoms with van der Waals surface area (Å²) in [5.41, 5.74) is 9.15. The van der Waals surface area contributed by atoms with Crippen LogP contribution in [-0.2, 0) is 0 Å². The van der Waals surface area contributed by atoms with Crippen LogP contribution in [0.5, 0.6) is 0 Å². The van der Waals surface area contributed by atoms with Crippen molar-refractivity contribution in [2.45, 2.75) is 31.6 Å². The van der Waals surface area contributed by atoms with Gasteiger partial charge in [-0.15, -0.1) is 0 Å². The molecule has 0 atom stereocenters. The first-order chi connectivity index (χ1) is 12.2. The lowest BCUT2D eigenvalue weighted by Crippen LogP contribution is -2.23. The Kier molecular flexibility index (Phi) is 4.30. The molecule has 0 saturated heterocycles. The molecule has 1 fully saturated rings. The molecule has 1 aliphatic carbocycles. The maximum Gasteiger partial charge on any atom is 0.147 e. The Hall–Kier alpha value is -2.20. The lowest BCUT2D eigenvalue weighted by molar-refractivity contribution is 0.246. The summed E-state index contributed by atoms with van der Waals surface area (Å²) in [5.74, 6) is 0.607. The molecule has 0 radical (unpaired) electrons. The number of nitrogens with two attached hydrogens (primary N) is 1. The van der Waals surface area contributed by atoms with Crippen LogP contribution in [0.15, 0.2) is 42.5 Å². The summed E-state index contributed by atoms with van der Waals surface area (Å²) in [6.45, 7) is 0.736. The number of halogens is 2. The Labute approximate surface area is 146 Å². The number of H-pyrrole nitrogens is 1. The van der Waals surface area contributed by atoms with E-state index in [4.69, 9.17) is 5.73 Å². The van der Waals surface area contributed by atoms with Crippen molar-refractivity contribution in [1.82, 2.24) is 4.98 Å². The quantitative estimate of drug-likeness (QED) is 0.646. The van der Waals surface area contributed by atoms with Gasteiger partial charge in [0.2, 0.25) is 0 Å². The van der Waals surface area contributed by atoms with Gasteiger partial charge in [0, 0.05) is 5.39 Å². The van der Waals surface area contributed by atoms with Gasteiger partial charge in [-0.05, 0) is 85.5 Å². The second-order valence-corrected chi connectivity index (χ2v) is 7.05. The third-order valence-corrected chi connectivity index (χ3v) is 5.42. The van der Waals surface area contributed by atoms with Crippen LogP contribution < -0.4 is 5.73 Å². The van der Waals surface area contributed by atoms with Gasteiger partial charge in [-0.1, -0.05) is 12.1 Å². The molecule has 4 rings (SSSR count). The number of fused-ring (bicyclic) bond motifs is 1. The summed E-state index contributed by atoms with van der Waals surface area (Å²) in [6.07, 6.45) is 4.44. The van der Waals surface area contributed by atoms with Crippen molar-refractivity contribution in [3.63, 3.8) is 0 Å². The van der Waals surface area contributed by atoms with E-state index in [0.717, 1.165) is 48.9 Å². The third-order valence-electron chi connectivity index (χ3n) is 5.42. The highest BCUT2D eigenvalue weighted by Crippen LogP contribution is 2.49. The molecule has 1 aromatic heterocycles. The Bertz CT molecular complexity index is 877. The summed E-state index contributed by atoms with van der Waals surface area (Å²) in [4.78, 5) is 3.26. The minimum Gasteiger partial charge on any atom is -0.352 e. The first-order valence-corrected chi connectivity index (χ1v) is 8.93. The van der Waals surface area contributed by atoms with Gasteiger partial charge in [0.05, 0.1) is 11.2 Å². The molecule has 0 spiro atoms. The van der Waals surface area contributed by atoms with Crippen LogP contribution in [-0.4, -0.2) is 11.5 Å². The lowest BCUT2D eigenvalue weighted by Gasteiger charge is -2.36. The van der Waals surface area contributed by atoms with Crippen molar-refractivity contribution >= 4 is 10.9 Å². The molecule has 0 amide bonds.